The molecule has 0 unspecified atom stereocenters. The fourth-order valence-electron chi connectivity index (χ4n) is 1.98. The molecule has 8 heteroatoms. The molecule has 0 fully saturated rings. The van der Waals surface area contributed by atoms with Gasteiger partial charge in [-0.1, -0.05) is 0 Å². The third-order valence-electron chi connectivity index (χ3n) is 3.16. The Morgan fingerprint density at radius 1 is 1.24 bits per heavy atom. The molecule has 0 saturated heterocycles. The van der Waals surface area contributed by atoms with Crippen LogP contribution in [0.15, 0.2) is 46.0 Å². The van der Waals surface area contributed by atoms with Crippen molar-refractivity contribution >= 4 is 56.3 Å². The van der Waals surface area contributed by atoms with Crippen LogP contribution in [-0.4, -0.2) is 32.9 Å². The van der Waals surface area contributed by atoms with E-state index in [0.29, 0.717) is 11.5 Å². The van der Waals surface area contributed by atoms with Crippen LogP contribution in [-0.2, 0) is 4.79 Å². The van der Waals surface area contributed by atoms with E-state index in [9.17, 15) is 4.79 Å². The second-order valence-corrected chi connectivity index (χ2v) is 6.99. The summed E-state index contributed by atoms with van der Waals surface area (Å²) in [6, 6.07) is 11.4. The summed E-state index contributed by atoms with van der Waals surface area (Å²) in [5.41, 5.74) is 4.12. The Balaban J connectivity index is 1.90. The predicted octanol–water partition coefficient (Wildman–Crippen LogP) is 3.63. The van der Waals surface area contributed by atoms with Crippen LogP contribution in [0.5, 0.6) is 11.5 Å². The first-order valence-corrected chi connectivity index (χ1v) is 9.13. The third-order valence-corrected chi connectivity index (χ3v) is 4.46. The van der Waals surface area contributed by atoms with Crippen LogP contribution in [0.2, 0.25) is 0 Å². The molecule has 1 amide bonds. The molecule has 2 N–H and O–H groups in total. The van der Waals surface area contributed by atoms with Gasteiger partial charge in [0.15, 0.2) is 11.5 Å². The molecule has 0 aliphatic heterocycles. The van der Waals surface area contributed by atoms with Gasteiger partial charge in [-0.05, 0) is 80.5 Å². The van der Waals surface area contributed by atoms with Crippen LogP contribution in [0.1, 0.15) is 5.56 Å². The Labute approximate surface area is 168 Å². The van der Waals surface area contributed by atoms with E-state index in [1.807, 2.05) is 30.3 Å². The number of nitrogens with zero attached hydrogens (tertiary/aromatic N) is 1. The first-order valence-electron chi connectivity index (χ1n) is 7.26. The topological polar surface area (TPSA) is 72.0 Å². The maximum atomic E-state index is 11.8. The van der Waals surface area contributed by atoms with Crippen molar-refractivity contribution in [3.8, 4) is 11.5 Å². The Morgan fingerprint density at radius 2 is 1.96 bits per heavy atom. The first-order chi connectivity index (χ1) is 12.0. The van der Waals surface area contributed by atoms with E-state index in [4.69, 9.17) is 9.47 Å². The maximum absolute atomic E-state index is 11.8. The molecule has 25 heavy (non-hydrogen) atoms. The molecule has 0 heterocycles. The molecule has 0 spiro atoms. The minimum absolute atomic E-state index is 0.133. The van der Waals surface area contributed by atoms with E-state index < -0.39 is 0 Å². The molecule has 0 atom stereocenters. The summed E-state index contributed by atoms with van der Waals surface area (Å²) in [6.45, 7) is 0.133. The zero-order valence-corrected chi connectivity index (χ0v) is 17.4. The highest BCUT2D eigenvalue weighted by molar-refractivity contribution is 14.1. The molecule has 6 nitrogen and oxygen atoms in total. The molecule has 2 rings (SSSR count). The van der Waals surface area contributed by atoms with Gasteiger partial charge < -0.3 is 14.8 Å². The maximum Gasteiger partial charge on any atom is 0.259 e. The highest BCUT2D eigenvalue weighted by Gasteiger charge is 2.09. The minimum atomic E-state index is -0.241. The van der Waals surface area contributed by atoms with Crippen molar-refractivity contribution < 1.29 is 14.3 Å². The number of hydrogen-bond acceptors (Lipinski definition) is 5. The number of carbonyl (C=O) groups excluding carboxylic acids is 1. The lowest BCUT2D eigenvalue weighted by Crippen LogP contribution is -2.25. The molecule has 2 aromatic carbocycles. The SMILES string of the molecule is COc1cc(/C=N\NC(=O)CNc2ccc(I)cc2)cc(Br)c1OC. The van der Waals surface area contributed by atoms with Crippen LogP contribution < -0.4 is 20.2 Å². The lowest BCUT2D eigenvalue weighted by molar-refractivity contribution is -0.119. The zero-order valence-electron chi connectivity index (χ0n) is 13.7. The van der Waals surface area contributed by atoms with Crippen molar-refractivity contribution in [2.45, 2.75) is 0 Å². The van der Waals surface area contributed by atoms with Gasteiger partial charge in [0.2, 0.25) is 0 Å². The molecule has 0 aromatic heterocycles. The second kappa shape index (κ2) is 9.62. The fourth-order valence-corrected chi connectivity index (χ4v) is 2.96. The molecule has 0 bridgehead atoms. The van der Waals surface area contributed by atoms with Crippen LogP contribution in [0.25, 0.3) is 0 Å². The van der Waals surface area contributed by atoms with E-state index in [-0.39, 0.29) is 12.5 Å². The fraction of sp³-hybridized carbons (Fsp3) is 0.176. The molecular weight excluding hydrogens is 501 g/mol. The van der Waals surface area contributed by atoms with Gasteiger partial charge in [0.1, 0.15) is 0 Å². The second-order valence-electron chi connectivity index (χ2n) is 4.89. The van der Waals surface area contributed by atoms with E-state index in [1.54, 1.807) is 20.3 Å². The Bertz CT molecular complexity index is 766. The molecule has 0 radical (unpaired) electrons. The van der Waals surface area contributed by atoms with Crippen molar-refractivity contribution in [1.29, 1.82) is 0 Å². The van der Waals surface area contributed by atoms with Gasteiger partial charge in [0, 0.05) is 9.26 Å². The van der Waals surface area contributed by atoms with Gasteiger partial charge in [-0.15, -0.1) is 0 Å². The average Bonchev–Trinajstić information content (AvgIpc) is 2.60. The smallest absolute Gasteiger partial charge is 0.259 e. The number of hydrazone groups is 1. The predicted molar refractivity (Wildman–Crippen MR) is 111 cm³/mol. The van der Waals surface area contributed by atoms with E-state index >= 15 is 0 Å². The number of ether oxygens (including phenoxy) is 2. The van der Waals surface area contributed by atoms with Crippen LogP contribution in [0.4, 0.5) is 5.69 Å². The molecular formula is C17H17BrIN3O3. The van der Waals surface area contributed by atoms with E-state index in [2.05, 4.69) is 54.4 Å². The zero-order chi connectivity index (χ0) is 18.2. The summed E-state index contributed by atoms with van der Waals surface area (Å²) in [5.74, 6) is 0.935. The van der Waals surface area contributed by atoms with Gasteiger partial charge in [0.25, 0.3) is 5.91 Å². The highest BCUT2D eigenvalue weighted by Crippen LogP contribution is 2.35. The van der Waals surface area contributed by atoms with Gasteiger partial charge in [0.05, 0.1) is 31.5 Å². The third kappa shape index (κ3) is 5.89. The van der Waals surface area contributed by atoms with Crippen LogP contribution in [0.3, 0.4) is 0 Å². The van der Waals surface area contributed by atoms with Crippen molar-refractivity contribution in [3.05, 3.63) is 50.0 Å². The summed E-state index contributed by atoms with van der Waals surface area (Å²) in [5, 5.41) is 6.99. The van der Waals surface area contributed by atoms with Gasteiger partial charge in [-0.2, -0.15) is 5.10 Å². The summed E-state index contributed by atoms with van der Waals surface area (Å²) in [7, 11) is 3.13. The Morgan fingerprint density at radius 3 is 2.60 bits per heavy atom. The Hall–Kier alpha value is -1.81. The summed E-state index contributed by atoms with van der Waals surface area (Å²) >= 11 is 5.64. The van der Waals surface area contributed by atoms with Crippen molar-refractivity contribution in [3.63, 3.8) is 0 Å². The van der Waals surface area contributed by atoms with Crippen LogP contribution >= 0.6 is 38.5 Å². The van der Waals surface area contributed by atoms with Crippen molar-refractivity contribution in [2.75, 3.05) is 26.1 Å². The van der Waals surface area contributed by atoms with Crippen molar-refractivity contribution in [2.24, 2.45) is 5.10 Å². The van der Waals surface area contributed by atoms with E-state index in [1.165, 1.54) is 6.21 Å². The molecule has 0 saturated carbocycles. The lowest BCUT2D eigenvalue weighted by Gasteiger charge is -2.10. The first kappa shape index (κ1) is 19.5. The molecule has 0 aliphatic rings. The van der Waals surface area contributed by atoms with Crippen LogP contribution in [0, 0.1) is 3.57 Å². The highest BCUT2D eigenvalue weighted by atomic mass is 127. The largest absolute Gasteiger partial charge is 0.493 e. The normalized spacial score (nSPS) is 10.6. The Kier molecular flexibility index (Phi) is 7.51. The number of benzene rings is 2. The standard InChI is InChI=1S/C17H17BrIN3O3/c1-24-15-8-11(7-14(18)17(15)25-2)9-21-22-16(23)10-20-13-5-3-12(19)4-6-13/h3-9,20H,10H2,1-2H3,(H,22,23)/b21-9-. The molecule has 0 aliphatic carbocycles. The van der Waals surface area contributed by atoms with Gasteiger partial charge >= 0.3 is 0 Å². The molecule has 2 aromatic rings. The van der Waals surface area contributed by atoms with Crippen molar-refractivity contribution in [1.82, 2.24) is 5.43 Å². The van der Waals surface area contributed by atoms with Gasteiger partial charge in [-0.25, -0.2) is 5.43 Å². The number of hydrogen-bond donors (Lipinski definition) is 2. The number of carbonyl (C=O) groups is 1. The molecule has 132 valence electrons. The number of nitrogens with one attached hydrogen (secondary N) is 2. The number of rotatable bonds is 7. The van der Waals surface area contributed by atoms with E-state index in [0.717, 1.165) is 19.3 Å². The summed E-state index contributed by atoms with van der Waals surface area (Å²) in [6.07, 6.45) is 1.54. The summed E-state index contributed by atoms with van der Waals surface area (Å²) < 4.78 is 12.4. The average molecular weight is 518 g/mol. The number of anilines is 1. The quantitative estimate of drug-likeness (QED) is 0.334. The minimum Gasteiger partial charge on any atom is -0.493 e. The lowest BCUT2D eigenvalue weighted by atomic mass is 10.2. The number of amides is 1. The number of methoxy groups -OCH3 is 2. The van der Waals surface area contributed by atoms with Gasteiger partial charge in [-0.3, -0.25) is 4.79 Å². The monoisotopic (exact) mass is 517 g/mol. The summed E-state index contributed by atoms with van der Waals surface area (Å²) in [4.78, 5) is 11.8. The number of halogens is 2.